The highest BCUT2D eigenvalue weighted by atomic mass is 16.5. The zero-order valence-electron chi connectivity index (χ0n) is 20.0. The van der Waals surface area contributed by atoms with Gasteiger partial charge in [-0.15, -0.1) is 0 Å². The Morgan fingerprint density at radius 3 is 2.67 bits per heavy atom. The number of hydrogen-bond donors (Lipinski definition) is 2. The van der Waals surface area contributed by atoms with Crippen molar-refractivity contribution in [1.29, 1.82) is 0 Å². The molecule has 0 spiro atoms. The minimum absolute atomic E-state index is 0.0224. The SMILES string of the molecule is Cc1cc(Nc2cc3cc(C(=O)N(C)CCN4CCCCC4)ccc3c(OC(C)C)n2)n[nH]1. The number of aryl methyl sites for hydroxylation is 1. The number of hydrogen-bond acceptors (Lipinski definition) is 6. The van der Waals surface area contributed by atoms with Gasteiger partial charge in [0.05, 0.1) is 6.10 Å². The molecule has 33 heavy (non-hydrogen) atoms. The van der Waals surface area contributed by atoms with Crippen LogP contribution in [0, 0.1) is 6.92 Å². The van der Waals surface area contributed by atoms with Gasteiger partial charge in [-0.05, 0) is 76.4 Å². The first-order valence-electron chi connectivity index (χ1n) is 11.8. The summed E-state index contributed by atoms with van der Waals surface area (Å²) in [6, 6.07) is 9.55. The van der Waals surface area contributed by atoms with Crippen molar-refractivity contribution in [2.45, 2.75) is 46.1 Å². The number of piperidine rings is 1. The third-order valence-electron chi connectivity index (χ3n) is 5.90. The quantitative estimate of drug-likeness (QED) is 0.530. The van der Waals surface area contributed by atoms with Crippen LogP contribution in [0.4, 0.5) is 11.6 Å². The van der Waals surface area contributed by atoms with Gasteiger partial charge in [0, 0.05) is 42.8 Å². The van der Waals surface area contributed by atoms with Gasteiger partial charge in [-0.1, -0.05) is 6.42 Å². The number of ether oxygens (including phenoxy) is 1. The van der Waals surface area contributed by atoms with E-state index in [4.69, 9.17) is 4.74 Å². The van der Waals surface area contributed by atoms with Gasteiger partial charge in [0.15, 0.2) is 5.82 Å². The number of carbonyl (C=O) groups is 1. The van der Waals surface area contributed by atoms with Crippen LogP contribution < -0.4 is 10.1 Å². The molecule has 1 aliphatic rings. The summed E-state index contributed by atoms with van der Waals surface area (Å²) in [6.45, 7) is 9.80. The van der Waals surface area contributed by atoms with E-state index in [2.05, 4.69) is 25.4 Å². The molecule has 0 saturated carbocycles. The molecule has 3 aromatic rings. The van der Waals surface area contributed by atoms with E-state index in [1.165, 1.54) is 19.3 Å². The number of amides is 1. The topological polar surface area (TPSA) is 86.4 Å². The number of aromatic nitrogens is 3. The number of likely N-dealkylation sites (tertiary alicyclic amines) is 1. The smallest absolute Gasteiger partial charge is 0.253 e. The van der Waals surface area contributed by atoms with Gasteiger partial charge < -0.3 is 19.9 Å². The number of H-pyrrole nitrogens is 1. The van der Waals surface area contributed by atoms with Crippen LogP contribution in [0.3, 0.4) is 0 Å². The Bertz CT molecular complexity index is 1100. The summed E-state index contributed by atoms with van der Waals surface area (Å²) >= 11 is 0. The standard InChI is InChI=1S/C25H34N6O2/c1-17(2)33-24-21-9-8-19(25(32)30(4)12-13-31-10-6-5-7-11-31)15-20(21)16-22(27-24)26-23-14-18(3)28-29-23/h8-9,14-17H,5-7,10-13H2,1-4H3,(H2,26,27,28,29). The van der Waals surface area contributed by atoms with Crippen LogP contribution in [-0.2, 0) is 0 Å². The van der Waals surface area contributed by atoms with Crippen LogP contribution in [0.25, 0.3) is 10.8 Å². The Balaban J connectivity index is 1.56. The van der Waals surface area contributed by atoms with Crippen LogP contribution in [0.5, 0.6) is 5.88 Å². The molecule has 0 aliphatic carbocycles. The molecule has 2 aromatic heterocycles. The number of benzene rings is 1. The van der Waals surface area contributed by atoms with E-state index in [1.54, 1.807) is 0 Å². The molecular weight excluding hydrogens is 416 g/mol. The van der Waals surface area contributed by atoms with Gasteiger partial charge in [-0.3, -0.25) is 9.89 Å². The summed E-state index contributed by atoms with van der Waals surface area (Å²) in [5, 5.41) is 12.1. The first kappa shape index (κ1) is 23.0. The molecule has 4 rings (SSSR count). The van der Waals surface area contributed by atoms with E-state index < -0.39 is 0 Å². The Kier molecular flexibility index (Phi) is 7.13. The average molecular weight is 451 g/mol. The van der Waals surface area contributed by atoms with E-state index in [0.29, 0.717) is 23.1 Å². The monoisotopic (exact) mass is 450 g/mol. The zero-order chi connectivity index (χ0) is 23.4. The van der Waals surface area contributed by atoms with Crippen molar-refractivity contribution in [2.75, 3.05) is 38.5 Å². The molecule has 1 aromatic carbocycles. The van der Waals surface area contributed by atoms with Crippen molar-refractivity contribution in [3.8, 4) is 5.88 Å². The molecule has 0 bridgehead atoms. The van der Waals surface area contributed by atoms with Crippen LogP contribution in [0.1, 0.15) is 49.2 Å². The molecule has 3 heterocycles. The van der Waals surface area contributed by atoms with Gasteiger partial charge >= 0.3 is 0 Å². The number of likely N-dealkylation sites (N-methyl/N-ethyl adjacent to an activating group) is 1. The van der Waals surface area contributed by atoms with Gasteiger partial charge in [-0.2, -0.15) is 10.1 Å². The molecule has 0 atom stereocenters. The minimum Gasteiger partial charge on any atom is -0.474 e. The first-order valence-corrected chi connectivity index (χ1v) is 11.8. The molecule has 8 nitrogen and oxygen atoms in total. The van der Waals surface area contributed by atoms with E-state index in [-0.39, 0.29) is 12.0 Å². The number of nitrogens with zero attached hydrogens (tertiary/aromatic N) is 4. The zero-order valence-corrected chi connectivity index (χ0v) is 20.0. The second kappa shape index (κ2) is 10.2. The number of nitrogens with one attached hydrogen (secondary N) is 2. The van der Waals surface area contributed by atoms with E-state index in [9.17, 15) is 4.79 Å². The third kappa shape index (κ3) is 5.82. The highest BCUT2D eigenvalue weighted by molar-refractivity contribution is 6.00. The Morgan fingerprint density at radius 2 is 1.97 bits per heavy atom. The molecule has 1 aliphatic heterocycles. The van der Waals surface area contributed by atoms with Crippen molar-refractivity contribution in [1.82, 2.24) is 25.0 Å². The number of rotatable bonds is 8. The summed E-state index contributed by atoms with van der Waals surface area (Å²) in [7, 11) is 1.88. The number of pyridine rings is 1. The number of aromatic amines is 1. The van der Waals surface area contributed by atoms with Crippen LogP contribution >= 0.6 is 0 Å². The highest BCUT2D eigenvalue weighted by Gasteiger charge is 2.17. The molecule has 2 N–H and O–H groups in total. The summed E-state index contributed by atoms with van der Waals surface area (Å²) in [5.74, 6) is 1.86. The second-order valence-electron chi connectivity index (χ2n) is 9.11. The van der Waals surface area contributed by atoms with Crippen molar-refractivity contribution in [2.24, 2.45) is 0 Å². The molecule has 1 fully saturated rings. The predicted molar refractivity (Wildman–Crippen MR) is 131 cm³/mol. The molecule has 1 saturated heterocycles. The lowest BCUT2D eigenvalue weighted by Crippen LogP contribution is -2.38. The van der Waals surface area contributed by atoms with Crippen molar-refractivity contribution in [3.05, 3.63) is 41.6 Å². The average Bonchev–Trinajstić information content (AvgIpc) is 3.21. The molecule has 0 unspecified atom stereocenters. The maximum atomic E-state index is 13.1. The fraction of sp³-hybridized carbons (Fsp3) is 0.480. The van der Waals surface area contributed by atoms with E-state index in [0.717, 1.165) is 42.6 Å². The minimum atomic E-state index is -0.0224. The lowest BCUT2D eigenvalue weighted by Gasteiger charge is -2.28. The normalized spacial score (nSPS) is 14.6. The maximum Gasteiger partial charge on any atom is 0.253 e. The van der Waals surface area contributed by atoms with Crippen LogP contribution in [0.2, 0.25) is 0 Å². The Morgan fingerprint density at radius 1 is 1.18 bits per heavy atom. The number of carbonyl (C=O) groups excluding carboxylic acids is 1. The maximum absolute atomic E-state index is 13.1. The van der Waals surface area contributed by atoms with Gasteiger partial charge in [0.25, 0.3) is 5.91 Å². The summed E-state index contributed by atoms with van der Waals surface area (Å²) in [6.07, 6.45) is 3.80. The lowest BCUT2D eigenvalue weighted by atomic mass is 10.1. The van der Waals surface area contributed by atoms with E-state index >= 15 is 0 Å². The van der Waals surface area contributed by atoms with Crippen LogP contribution in [0.15, 0.2) is 30.3 Å². The molecule has 0 radical (unpaired) electrons. The third-order valence-corrected chi connectivity index (χ3v) is 5.90. The van der Waals surface area contributed by atoms with Crippen molar-refractivity contribution >= 4 is 28.3 Å². The largest absolute Gasteiger partial charge is 0.474 e. The molecule has 1 amide bonds. The Labute approximate surface area is 195 Å². The summed E-state index contributed by atoms with van der Waals surface area (Å²) in [4.78, 5) is 22.0. The fourth-order valence-electron chi connectivity index (χ4n) is 4.15. The summed E-state index contributed by atoms with van der Waals surface area (Å²) in [5.41, 5.74) is 1.62. The van der Waals surface area contributed by atoms with Crippen molar-refractivity contribution in [3.63, 3.8) is 0 Å². The second-order valence-corrected chi connectivity index (χ2v) is 9.11. The summed E-state index contributed by atoms with van der Waals surface area (Å²) < 4.78 is 5.98. The lowest BCUT2D eigenvalue weighted by molar-refractivity contribution is 0.0773. The molecular formula is C25H34N6O2. The van der Waals surface area contributed by atoms with Crippen molar-refractivity contribution < 1.29 is 9.53 Å². The fourth-order valence-corrected chi connectivity index (χ4v) is 4.15. The molecule has 8 heteroatoms. The van der Waals surface area contributed by atoms with Gasteiger partial charge in [-0.25, -0.2) is 0 Å². The molecule has 176 valence electrons. The van der Waals surface area contributed by atoms with Crippen LogP contribution in [-0.4, -0.2) is 70.2 Å². The Hall–Kier alpha value is -3.13. The van der Waals surface area contributed by atoms with Gasteiger partial charge in [0.1, 0.15) is 5.82 Å². The van der Waals surface area contributed by atoms with Gasteiger partial charge in [0.2, 0.25) is 5.88 Å². The number of fused-ring (bicyclic) bond motifs is 1. The first-order chi connectivity index (χ1) is 15.9. The highest BCUT2D eigenvalue weighted by Crippen LogP contribution is 2.30. The predicted octanol–water partition coefficient (Wildman–Crippen LogP) is 4.36. The number of anilines is 2. The van der Waals surface area contributed by atoms with E-state index in [1.807, 2.05) is 63.1 Å².